The van der Waals surface area contributed by atoms with E-state index in [1.165, 1.54) is 11.3 Å². The lowest BCUT2D eigenvalue weighted by Crippen LogP contribution is -2.49. The lowest BCUT2D eigenvalue weighted by Gasteiger charge is -2.35. The standard InChI is InChI=1S/C23H23N7OS/c1-16-12-21(26-17(2)25-16)28-8-10-29(11-9-28)23(31)20-15-32-22(27-20)18-13-24-30(14-18)19-6-4-3-5-7-19/h3-7,12-15H,8-11H2,1-2H3. The number of anilines is 1. The summed E-state index contributed by atoms with van der Waals surface area (Å²) in [6.45, 7) is 6.63. The Balaban J connectivity index is 1.25. The number of para-hydroxylation sites is 1. The maximum Gasteiger partial charge on any atom is 0.273 e. The molecule has 0 unspecified atom stereocenters. The number of piperazine rings is 1. The molecule has 9 heteroatoms. The van der Waals surface area contributed by atoms with Crippen LogP contribution in [0.4, 0.5) is 5.82 Å². The third-order valence-corrected chi connectivity index (χ3v) is 6.31. The van der Waals surface area contributed by atoms with Gasteiger partial charge in [0.2, 0.25) is 0 Å². The Kier molecular flexibility index (Phi) is 5.40. The molecule has 0 N–H and O–H groups in total. The van der Waals surface area contributed by atoms with Crippen LogP contribution >= 0.6 is 11.3 Å². The van der Waals surface area contributed by atoms with Crippen molar-refractivity contribution in [3.8, 4) is 16.3 Å². The zero-order chi connectivity index (χ0) is 22.1. The SMILES string of the molecule is Cc1cc(N2CCN(C(=O)c3csc(-c4cnn(-c5ccccc5)c4)n3)CC2)nc(C)n1. The second kappa shape index (κ2) is 8.51. The van der Waals surface area contributed by atoms with Crippen molar-refractivity contribution in [1.29, 1.82) is 0 Å². The van der Waals surface area contributed by atoms with Crippen LogP contribution in [-0.4, -0.2) is 61.7 Å². The largest absolute Gasteiger partial charge is 0.353 e. The number of carbonyl (C=O) groups is 1. The molecule has 0 radical (unpaired) electrons. The quantitative estimate of drug-likeness (QED) is 0.479. The molecule has 0 atom stereocenters. The van der Waals surface area contributed by atoms with E-state index < -0.39 is 0 Å². The first-order valence-corrected chi connectivity index (χ1v) is 11.4. The number of hydrogen-bond donors (Lipinski definition) is 0. The van der Waals surface area contributed by atoms with Crippen molar-refractivity contribution in [3.05, 3.63) is 71.4 Å². The van der Waals surface area contributed by atoms with E-state index in [1.807, 2.05) is 71.4 Å². The van der Waals surface area contributed by atoms with Crippen LogP contribution in [0.5, 0.6) is 0 Å². The van der Waals surface area contributed by atoms with Crippen LogP contribution in [-0.2, 0) is 0 Å². The van der Waals surface area contributed by atoms with Gasteiger partial charge >= 0.3 is 0 Å². The second-order valence-corrected chi connectivity index (χ2v) is 8.60. The molecule has 4 aromatic rings. The second-order valence-electron chi connectivity index (χ2n) is 7.74. The van der Waals surface area contributed by atoms with Crippen LogP contribution in [0.3, 0.4) is 0 Å². The lowest BCUT2D eigenvalue weighted by atomic mass is 10.2. The van der Waals surface area contributed by atoms with Gasteiger partial charge in [-0.3, -0.25) is 4.79 Å². The molecule has 8 nitrogen and oxygen atoms in total. The molecule has 1 aromatic carbocycles. The van der Waals surface area contributed by atoms with Crippen LogP contribution in [0.15, 0.2) is 54.2 Å². The first-order valence-electron chi connectivity index (χ1n) is 10.5. The minimum atomic E-state index is -0.0300. The maximum absolute atomic E-state index is 13.0. The number of aromatic nitrogens is 5. The van der Waals surface area contributed by atoms with Gasteiger partial charge in [-0.1, -0.05) is 18.2 Å². The van der Waals surface area contributed by atoms with E-state index in [4.69, 9.17) is 0 Å². The average molecular weight is 446 g/mol. The van der Waals surface area contributed by atoms with Gasteiger partial charge in [0.1, 0.15) is 22.3 Å². The summed E-state index contributed by atoms with van der Waals surface area (Å²) in [6.07, 6.45) is 3.72. The fourth-order valence-corrected chi connectivity index (χ4v) is 4.59. The van der Waals surface area contributed by atoms with Crippen LogP contribution in [0, 0.1) is 13.8 Å². The van der Waals surface area contributed by atoms with Crippen LogP contribution < -0.4 is 4.90 Å². The molecule has 32 heavy (non-hydrogen) atoms. The predicted octanol–water partition coefficient (Wildman–Crippen LogP) is 3.37. The summed E-state index contributed by atoms with van der Waals surface area (Å²) in [5.74, 6) is 1.66. The number of aryl methyl sites for hydroxylation is 2. The molecule has 1 fully saturated rings. The molecule has 0 saturated carbocycles. The molecular formula is C23H23N7OS. The van der Waals surface area contributed by atoms with Crippen molar-refractivity contribution in [2.75, 3.05) is 31.1 Å². The maximum atomic E-state index is 13.0. The number of rotatable bonds is 4. The molecule has 1 amide bonds. The van der Waals surface area contributed by atoms with Gasteiger partial charge in [-0.15, -0.1) is 11.3 Å². The fraction of sp³-hybridized carbons (Fsp3) is 0.261. The van der Waals surface area contributed by atoms with Gasteiger partial charge in [0.15, 0.2) is 0 Å². The molecule has 0 spiro atoms. The van der Waals surface area contributed by atoms with Crippen molar-refractivity contribution in [2.45, 2.75) is 13.8 Å². The molecule has 1 aliphatic heterocycles. The molecular weight excluding hydrogens is 422 g/mol. The third kappa shape index (κ3) is 4.11. The Hall–Kier alpha value is -3.59. The smallest absolute Gasteiger partial charge is 0.273 e. The van der Waals surface area contributed by atoms with E-state index in [2.05, 4.69) is 25.0 Å². The summed E-state index contributed by atoms with van der Waals surface area (Å²) in [4.78, 5) is 30.6. The van der Waals surface area contributed by atoms with Crippen molar-refractivity contribution in [2.24, 2.45) is 0 Å². The van der Waals surface area contributed by atoms with Gasteiger partial charge in [0, 0.05) is 55.1 Å². The zero-order valence-corrected chi connectivity index (χ0v) is 18.8. The van der Waals surface area contributed by atoms with Gasteiger partial charge in [0.05, 0.1) is 11.9 Å². The van der Waals surface area contributed by atoms with Crippen LogP contribution in [0.25, 0.3) is 16.3 Å². The summed E-state index contributed by atoms with van der Waals surface area (Å²) in [7, 11) is 0. The molecule has 0 aliphatic carbocycles. The first kappa shape index (κ1) is 20.3. The summed E-state index contributed by atoms with van der Waals surface area (Å²) < 4.78 is 1.81. The number of thiazole rings is 1. The van der Waals surface area contributed by atoms with Crippen molar-refractivity contribution in [3.63, 3.8) is 0 Å². The summed E-state index contributed by atoms with van der Waals surface area (Å²) in [5.41, 5.74) is 3.33. The highest BCUT2D eigenvalue weighted by Gasteiger charge is 2.25. The van der Waals surface area contributed by atoms with Gasteiger partial charge in [-0.25, -0.2) is 19.6 Å². The van der Waals surface area contributed by atoms with E-state index in [0.29, 0.717) is 18.8 Å². The van der Waals surface area contributed by atoms with Crippen molar-refractivity contribution < 1.29 is 4.79 Å². The number of amides is 1. The van der Waals surface area contributed by atoms with Crippen molar-refractivity contribution in [1.82, 2.24) is 29.6 Å². The van der Waals surface area contributed by atoms with Gasteiger partial charge in [-0.05, 0) is 26.0 Å². The Labute approximate surface area is 190 Å². The molecule has 3 aromatic heterocycles. The van der Waals surface area contributed by atoms with Gasteiger partial charge in [-0.2, -0.15) is 5.10 Å². The minimum Gasteiger partial charge on any atom is -0.353 e. The molecule has 1 aliphatic rings. The first-order chi connectivity index (χ1) is 15.6. The zero-order valence-electron chi connectivity index (χ0n) is 18.0. The average Bonchev–Trinajstić information content (AvgIpc) is 3.49. The summed E-state index contributed by atoms with van der Waals surface area (Å²) in [6, 6.07) is 11.9. The van der Waals surface area contributed by atoms with E-state index >= 15 is 0 Å². The third-order valence-electron chi connectivity index (χ3n) is 5.42. The fourth-order valence-electron chi connectivity index (χ4n) is 3.82. The van der Waals surface area contributed by atoms with E-state index in [1.54, 1.807) is 6.20 Å². The number of benzene rings is 1. The van der Waals surface area contributed by atoms with Crippen LogP contribution in [0.2, 0.25) is 0 Å². The highest BCUT2D eigenvalue weighted by molar-refractivity contribution is 7.13. The summed E-state index contributed by atoms with van der Waals surface area (Å²) >= 11 is 1.46. The Morgan fingerprint density at radius 1 is 1.00 bits per heavy atom. The highest BCUT2D eigenvalue weighted by atomic mass is 32.1. The highest BCUT2D eigenvalue weighted by Crippen LogP contribution is 2.25. The normalized spacial score (nSPS) is 14.1. The lowest BCUT2D eigenvalue weighted by molar-refractivity contribution is 0.0741. The Bertz CT molecular complexity index is 1220. The molecule has 1 saturated heterocycles. The van der Waals surface area contributed by atoms with Crippen LogP contribution in [0.1, 0.15) is 22.0 Å². The Morgan fingerprint density at radius 2 is 1.78 bits per heavy atom. The van der Waals surface area contributed by atoms with E-state index in [0.717, 1.165) is 46.7 Å². The van der Waals surface area contributed by atoms with Gasteiger partial charge < -0.3 is 9.80 Å². The van der Waals surface area contributed by atoms with Crippen molar-refractivity contribution >= 4 is 23.1 Å². The topological polar surface area (TPSA) is 80.0 Å². The molecule has 0 bridgehead atoms. The number of nitrogens with zero attached hydrogens (tertiary/aromatic N) is 7. The number of carbonyl (C=O) groups excluding carboxylic acids is 1. The monoisotopic (exact) mass is 445 g/mol. The molecule has 162 valence electrons. The van der Waals surface area contributed by atoms with E-state index in [9.17, 15) is 4.79 Å². The van der Waals surface area contributed by atoms with E-state index in [-0.39, 0.29) is 5.91 Å². The Morgan fingerprint density at radius 3 is 2.53 bits per heavy atom. The molecule has 5 rings (SSSR count). The minimum absolute atomic E-state index is 0.0300. The van der Waals surface area contributed by atoms with Gasteiger partial charge in [0.25, 0.3) is 5.91 Å². The number of hydrogen-bond acceptors (Lipinski definition) is 7. The molecule has 4 heterocycles. The predicted molar refractivity (Wildman–Crippen MR) is 124 cm³/mol. The summed E-state index contributed by atoms with van der Waals surface area (Å²) in [5, 5.41) is 7.06.